The fourth-order valence-electron chi connectivity index (χ4n) is 5.87. The maximum absolute atomic E-state index is 2.52. The van der Waals surface area contributed by atoms with E-state index in [2.05, 4.69) is 55.4 Å². The normalized spacial score (nSPS) is 56.4. The van der Waals surface area contributed by atoms with Gasteiger partial charge >= 0.3 is 0 Å². The predicted octanol–water partition coefficient (Wildman–Crippen LogP) is 6.12. The van der Waals surface area contributed by atoms with E-state index in [4.69, 9.17) is 0 Å². The van der Waals surface area contributed by atoms with Crippen molar-refractivity contribution < 1.29 is 0 Å². The molecule has 2 aliphatic rings. The second kappa shape index (κ2) is 6.01. The molecule has 20 heavy (non-hydrogen) atoms. The largest absolute Gasteiger partial charge is 0.0620 e. The Kier molecular flexibility index (Phi) is 4.92. The second-order valence-electron chi connectivity index (χ2n) is 8.78. The molecule has 0 amide bonds. The molecular formula is C20H38. The van der Waals surface area contributed by atoms with Gasteiger partial charge in [-0.2, -0.15) is 0 Å². The lowest BCUT2D eigenvalue weighted by atomic mass is 9.79. The smallest absolute Gasteiger partial charge is 0.0357 e. The monoisotopic (exact) mass is 278 g/mol. The van der Waals surface area contributed by atoms with E-state index < -0.39 is 0 Å². The molecule has 0 N–H and O–H groups in total. The van der Waals surface area contributed by atoms with Crippen molar-refractivity contribution in [2.24, 2.45) is 59.2 Å². The lowest BCUT2D eigenvalue weighted by Gasteiger charge is -2.27. The Labute approximate surface area is 128 Å². The molecule has 0 radical (unpaired) electrons. The summed E-state index contributed by atoms with van der Waals surface area (Å²) in [4.78, 5) is 0. The maximum Gasteiger partial charge on any atom is -0.0357 e. The highest BCUT2D eigenvalue weighted by molar-refractivity contribution is 4.93. The summed E-state index contributed by atoms with van der Waals surface area (Å²) in [5.41, 5.74) is 0. The van der Waals surface area contributed by atoms with Crippen molar-refractivity contribution in [1.82, 2.24) is 0 Å². The molecule has 0 heteroatoms. The highest BCUT2D eigenvalue weighted by atomic mass is 14.5. The molecule has 0 aliphatic heterocycles. The van der Waals surface area contributed by atoms with Crippen LogP contribution in [0.4, 0.5) is 0 Å². The van der Waals surface area contributed by atoms with Crippen LogP contribution in [0.5, 0.6) is 0 Å². The fourth-order valence-corrected chi connectivity index (χ4v) is 5.87. The summed E-state index contributed by atoms with van der Waals surface area (Å²) < 4.78 is 0. The average molecular weight is 279 g/mol. The lowest BCUT2D eigenvalue weighted by Crippen LogP contribution is -2.18. The van der Waals surface area contributed by atoms with Crippen LogP contribution in [0.25, 0.3) is 0 Å². The number of rotatable bonds is 3. The SMILES string of the molecule is CC1[C@@H](C)C(CCC2[C@@H](C)[C@@H](C)[C@H](C)[C@@H]2C)[C@H](C)[C@@H]1C. The number of hydrogen-bond donors (Lipinski definition) is 0. The highest BCUT2D eigenvalue weighted by Crippen LogP contribution is 2.51. The summed E-state index contributed by atoms with van der Waals surface area (Å²) in [6.07, 6.45) is 2.96. The molecule has 0 saturated heterocycles. The van der Waals surface area contributed by atoms with Gasteiger partial charge < -0.3 is 0 Å². The van der Waals surface area contributed by atoms with Crippen LogP contribution in [-0.2, 0) is 0 Å². The Morgan fingerprint density at radius 2 is 0.550 bits per heavy atom. The molecule has 2 unspecified atom stereocenters. The zero-order valence-electron chi connectivity index (χ0n) is 15.2. The molecule has 0 aromatic rings. The molecule has 0 aromatic heterocycles. The van der Waals surface area contributed by atoms with Gasteiger partial charge in [-0.25, -0.2) is 0 Å². The minimum Gasteiger partial charge on any atom is -0.0620 e. The summed E-state index contributed by atoms with van der Waals surface area (Å²) in [5, 5.41) is 0. The average Bonchev–Trinajstić information content (AvgIpc) is 2.72. The Bertz CT molecular complexity index is 260. The minimum absolute atomic E-state index is 0.922. The summed E-state index contributed by atoms with van der Waals surface area (Å²) in [6.45, 7) is 20.0. The van der Waals surface area contributed by atoms with Crippen LogP contribution in [0, 0.1) is 59.2 Å². The van der Waals surface area contributed by atoms with Crippen molar-refractivity contribution >= 4 is 0 Å². The van der Waals surface area contributed by atoms with Gasteiger partial charge in [-0.15, -0.1) is 0 Å². The van der Waals surface area contributed by atoms with Gasteiger partial charge in [-0.3, -0.25) is 0 Å². The molecule has 0 spiro atoms. The van der Waals surface area contributed by atoms with Crippen LogP contribution in [0.2, 0.25) is 0 Å². The fraction of sp³-hybridized carbons (Fsp3) is 1.00. The molecular weight excluding hydrogens is 240 g/mol. The second-order valence-corrected chi connectivity index (χ2v) is 8.78. The van der Waals surface area contributed by atoms with Crippen molar-refractivity contribution in [3.63, 3.8) is 0 Å². The molecule has 2 rings (SSSR count). The summed E-state index contributed by atoms with van der Waals surface area (Å²) in [5.74, 6) is 9.37. The zero-order chi connectivity index (χ0) is 15.2. The van der Waals surface area contributed by atoms with Gasteiger partial charge in [0.2, 0.25) is 0 Å². The minimum atomic E-state index is 0.922. The van der Waals surface area contributed by atoms with E-state index in [9.17, 15) is 0 Å². The van der Waals surface area contributed by atoms with Crippen molar-refractivity contribution in [2.45, 2.75) is 68.2 Å². The molecule has 2 saturated carbocycles. The Morgan fingerprint density at radius 1 is 0.350 bits per heavy atom. The van der Waals surface area contributed by atoms with E-state index in [1.807, 2.05) is 0 Å². The predicted molar refractivity (Wildman–Crippen MR) is 89.5 cm³/mol. The molecule has 0 aromatic carbocycles. The molecule has 0 bridgehead atoms. The van der Waals surface area contributed by atoms with E-state index in [1.54, 1.807) is 0 Å². The van der Waals surface area contributed by atoms with Crippen LogP contribution in [0.3, 0.4) is 0 Å². The van der Waals surface area contributed by atoms with Crippen LogP contribution in [0.15, 0.2) is 0 Å². The Morgan fingerprint density at radius 3 is 0.750 bits per heavy atom. The maximum atomic E-state index is 2.52. The topological polar surface area (TPSA) is 0 Å². The first-order chi connectivity index (χ1) is 9.27. The van der Waals surface area contributed by atoms with Crippen LogP contribution in [0.1, 0.15) is 68.2 Å². The van der Waals surface area contributed by atoms with Gasteiger partial charge in [0.15, 0.2) is 0 Å². The van der Waals surface area contributed by atoms with Gasteiger partial charge in [-0.05, 0) is 72.0 Å². The third-order valence-corrected chi connectivity index (χ3v) is 8.51. The zero-order valence-corrected chi connectivity index (χ0v) is 15.2. The van der Waals surface area contributed by atoms with Crippen molar-refractivity contribution in [3.05, 3.63) is 0 Å². The van der Waals surface area contributed by atoms with E-state index in [0.29, 0.717) is 0 Å². The van der Waals surface area contributed by atoms with Crippen LogP contribution < -0.4 is 0 Å². The quantitative estimate of drug-likeness (QED) is 0.584. The third kappa shape index (κ3) is 2.57. The van der Waals surface area contributed by atoms with Gasteiger partial charge in [-0.1, -0.05) is 55.4 Å². The van der Waals surface area contributed by atoms with E-state index in [-0.39, 0.29) is 0 Å². The lowest BCUT2D eigenvalue weighted by molar-refractivity contribution is 0.228. The van der Waals surface area contributed by atoms with E-state index >= 15 is 0 Å². The van der Waals surface area contributed by atoms with Gasteiger partial charge in [0.05, 0.1) is 0 Å². The summed E-state index contributed by atoms with van der Waals surface area (Å²) in [7, 11) is 0. The van der Waals surface area contributed by atoms with E-state index in [0.717, 1.165) is 59.2 Å². The molecule has 2 aliphatic carbocycles. The number of hydrogen-bond acceptors (Lipinski definition) is 0. The van der Waals surface area contributed by atoms with Gasteiger partial charge in [0.25, 0.3) is 0 Å². The van der Waals surface area contributed by atoms with E-state index in [1.165, 1.54) is 12.8 Å². The van der Waals surface area contributed by atoms with Crippen LogP contribution >= 0.6 is 0 Å². The molecule has 118 valence electrons. The van der Waals surface area contributed by atoms with Crippen molar-refractivity contribution in [2.75, 3.05) is 0 Å². The third-order valence-electron chi connectivity index (χ3n) is 8.51. The Balaban J connectivity index is 1.96. The van der Waals surface area contributed by atoms with Gasteiger partial charge in [0.1, 0.15) is 0 Å². The Hall–Kier alpha value is 0. The first kappa shape index (κ1) is 16.4. The molecule has 0 nitrogen and oxygen atoms in total. The highest BCUT2D eigenvalue weighted by Gasteiger charge is 2.44. The standard InChI is InChI=1S/C20H38/c1-11-12(2)16(6)19(15(11)5)9-10-20-17(7)13(3)14(4)18(20)8/h11-20H,9-10H2,1-8H3/t11-,12-,13+,14?,15-,16-,17+,18+,20?/m0/s1. The molecule has 2 fully saturated rings. The molecule has 0 heterocycles. The van der Waals surface area contributed by atoms with Crippen molar-refractivity contribution in [3.8, 4) is 0 Å². The van der Waals surface area contributed by atoms with Crippen LogP contribution in [-0.4, -0.2) is 0 Å². The molecule has 9 atom stereocenters. The first-order valence-electron chi connectivity index (χ1n) is 9.27. The summed E-state index contributed by atoms with van der Waals surface area (Å²) >= 11 is 0. The van der Waals surface area contributed by atoms with Gasteiger partial charge in [0, 0.05) is 0 Å². The first-order valence-corrected chi connectivity index (χ1v) is 9.27. The van der Waals surface area contributed by atoms with Crippen molar-refractivity contribution in [1.29, 1.82) is 0 Å². The summed E-state index contributed by atoms with van der Waals surface area (Å²) in [6, 6.07) is 0.